The van der Waals surface area contributed by atoms with Gasteiger partial charge in [-0.3, -0.25) is 9.36 Å². The summed E-state index contributed by atoms with van der Waals surface area (Å²) >= 11 is 1.32. The van der Waals surface area contributed by atoms with E-state index in [1.807, 2.05) is 32.3 Å². The molecule has 1 unspecified atom stereocenters. The molecule has 1 atom stereocenters. The number of thioether (sulfide) groups is 1. The lowest BCUT2D eigenvalue weighted by Gasteiger charge is -2.25. The van der Waals surface area contributed by atoms with Crippen molar-refractivity contribution in [2.45, 2.75) is 11.2 Å². The fraction of sp³-hybridized carbons (Fsp3) is 0.238. The molecule has 5 nitrogen and oxygen atoms in total. The Morgan fingerprint density at radius 2 is 2.00 bits per heavy atom. The van der Waals surface area contributed by atoms with E-state index in [-0.39, 0.29) is 23.5 Å². The number of halogens is 1. The number of imidazole rings is 1. The maximum Gasteiger partial charge on any atom is 0.230 e. The van der Waals surface area contributed by atoms with Crippen LogP contribution in [0.2, 0.25) is 0 Å². The lowest BCUT2D eigenvalue weighted by Crippen LogP contribution is -2.35. The number of likely N-dealkylation sites (N-methyl/N-ethyl adjacent to an activating group) is 1. The summed E-state index contributed by atoms with van der Waals surface area (Å²) in [5, 5.41) is 3.64. The standard InChI is InChI=1S/C21H23FN4OS/c1-25(2)19(16-7-4-3-5-8-16)14-24-20(27)15-28-21-23-11-12-26(21)18-10-6-9-17(22)13-18/h3-13,19H,14-15H2,1-2H3,(H,24,27). The van der Waals surface area contributed by atoms with E-state index in [4.69, 9.17) is 0 Å². The van der Waals surface area contributed by atoms with Crippen LogP contribution in [0.5, 0.6) is 0 Å². The number of rotatable bonds is 8. The Morgan fingerprint density at radius 3 is 2.71 bits per heavy atom. The molecule has 1 heterocycles. The van der Waals surface area contributed by atoms with Crippen LogP contribution in [-0.4, -0.2) is 46.8 Å². The number of nitrogens with zero attached hydrogens (tertiary/aromatic N) is 3. The number of carbonyl (C=O) groups excluding carboxylic acids is 1. The van der Waals surface area contributed by atoms with Crippen molar-refractivity contribution < 1.29 is 9.18 Å². The van der Waals surface area contributed by atoms with Crippen molar-refractivity contribution in [2.75, 3.05) is 26.4 Å². The third kappa shape index (κ3) is 5.21. The number of nitrogens with one attached hydrogen (secondary N) is 1. The van der Waals surface area contributed by atoms with Crippen LogP contribution >= 0.6 is 11.8 Å². The second kappa shape index (κ2) is 9.52. The first-order chi connectivity index (χ1) is 13.5. The van der Waals surface area contributed by atoms with Gasteiger partial charge in [-0.25, -0.2) is 9.37 Å². The summed E-state index contributed by atoms with van der Waals surface area (Å²) < 4.78 is 15.2. The smallest absolute Gasteiger partial charge is 0.230 e. The van der Waals surface area contributed by atoms with Crippen molar-refractivity contribution in [2.24, 2.45) is 0 Å². The van der Waals surface area contributed by atoms with Gasteiger partial charge in [0.25, 0.3) is 0 Å². The fourth-order valence-corrected chi connectivity index (χ4v) is 3.69. The molecule has 3 aromatic rings. The second-order valence-corrected chi connectivity index (χ2v) is 7.49. The van der Waals surface area contributed by atoms with Crippen LogP contribution in [0, 0.1) is 5.82 Å². The third-order valence-electron chi connectivity index (χ3n) is 4.33. The average Bonchev–Trinajstić information content (AvgIpc) is 3.16. The molecule has 28 heavy (non-hydrogen) atoms. The molecule has 0 fully saturated rings. The number of hydrogen-bond donors (Lipinski definition) is 1. The summed E-state index contributed by atoms with van der Waals surface area (Å²) in [6.45, 7) is 0.523. The summed E-state index contributed by atoms with van der Waals surface area (Å²) in [5.41, 5.74) is 1.83. The summed E-state index contributed by atoms with van der Waals surface area (Å²) in [5.74, 6) is -0.140. The van der Waals surface area contributed by atoms with Gasteiger partial charge in [0.2, 0.25) is 5.91 Å². The molecule has 146 valence electrons. The highest BCUT2D eigenvalue weighted by molar-refractivity contribution is 7.99. The first-order valence-electron chi connectivity index (χ1n) is 8.95. The Balaban J connectivity index is 1.57. The maximum atomic E-state index is 13.5. The Morgan fingerprint density at radius 1 is 1.21 bits per heavy atom. The predicted octanol–water partition coefficient (Wildman–Crippen LogP) is 3.52. The zero-order valence-corrected chi connectivity index (χ0v) is 16.7. The lowest BCUT2D eigenvalue weighted by molar-refractivity contribution is -0.118. The highest BCUT2D eigenvalue weighted by atomic mass is 32.2. The van der Waals surface area contributed by atoms with Gasteiger partial charge in [0.15, 0.2) is 5.16 Å². The first-order valence-corrected chi connectivity index (χ1v) is 9.93. The van der Waals surface area contributed by atoms with Gasteiger partial charge < -0.3 is 10.2 Å². The number of amides is 1. The zero-order valence-electron chi connectivity index (χ0n) is 15.9. The van der Waals surface area contributed by atoms with Crippen molar-refractivity contribution in [1.82, 2.24) is 19.8 Å². The van der Waals surface area contributed by atoms with Gasteiger partial charge in [-0.2, -0.15) is 0 Å². The van der Waals surface area contributed by atoms with Crippen LogP contribution in [-0.2, 0) is 4.79 Å². The quantitative estimate of drug-likeness (QED) is 0.590. The van der Waals surface area contributed by atoms with Crippen LogP contribution < -0.4 is 5.32 Å². The van der Waals surface area contributed by atoms with Crippen LogP contribution in [0.4, 0.5) is 4.39 Å². The van der Waals surface area contributed by atoms with Gasteiger partial charge in [0.05, 0.1) is 17.5 Å². The van der Waals surface area contributed by atoms with Gasteiger partial charge in [-0.05, 0) is 37.9 Å². The van der Waals surface area contributed by atoms with E-state index in [9.17, 15) is 9.18 Å². The average molecular weight is 399 g/mol. The van der Waals surface area contributed by atoms with Gasteiger partial charge in [0, 0.05) is 18.9 Å². The molecule has 0 saturated carbocycles. The molecule has 1 amide bonds. The van der Waals surface area contributed by atoms with Gasteiger partial charge >= 0.3 is 0 Å². The summed E-state index contributed by atoms with van der Waals surface area (Å²) in [6, 6.07) is 16.5. The molecule has 0 radical (unpaired) electrons. The summed E-state index contributed by atoms with van der Waals surface area (Å²) in [6.07, 6.45) is 3.40. The topological polar surface area (TPSA) is 50.2 Å². The molecule has 7 heteroatoms. The second-order valence-electron chi connectivity index (χ2n) is 6.54. The molecule has 1 N–H and O–H groups in total. The molecular formula is C21H23FN4OS. The molecule has 3 rings (SSSR count). The predicted molar refractivity (Wildman–Crippen MR) is 110 cm³/mol. The number of benzene rings is 2. The molecule has 1 aromatic heterocycles. The highest BCUT2D eigenvalue weighted by Crippen LogP contribution is 2.21. The number of carbonyl (C=O) groups is 1. The van der Waals surface area contributed by atoms with Crippen molar-refractivity contribution in [3.63, 3.8) is 0 Å². The van der Waals surface area contributed by atoms with Gasteiger partial charge in [-0.1, -0.05) is 48.2 Å². The third-order valence-corrected chi connectivity index (χ3v) is 5.29. The van der Waals surface area contributed by atoms with Gasteiger partial charge in [0.1, 0.15) is 5.82 Å². The van der Waals surface area contributed by atoms with Crippen molar-refractivity contribution in [1.29, 1.82) is 0 Å². The fourth-order valence-electron chi connectivity index (χ4n) is 2.88. The van der Waals surface area contributed by atoms with E-state index in [0.29, 0.717) is 17.4 Å². The van der Waals surface area contributed by atoms with Crippen molar-refractivity contribution in [3.8, 4) is 5.69 Å². The summed E-state index contributed by atoms with van der Waals surface area (Å²) in [4.78, 5) is 18.7. The number of hydrogen-bond acceptors (Lipinski definition) is 4. The highest BCUT2D eigenvalue weighted by Gasteiger charge is 2.15. The van der Waals surface area contributed by atoms with E-state index < -0.39 is 0 Å². The minimum absolute atomic E-state index is 0.0680. The Bertz CT molecular complexity index is 914. The minimum atomic E-state index is -0.310. The number of aromatic nitrogens is 2. The summed E-state index contributed by atoms with van der Waals surface area (Å²) in [7, 11) is 3.99. The van der Waals surface area contributed by atoms with E-state index >= 15 is 0 Å². The molecule has 0 spiro atoms. The molecule has 2 aromatic carbocycles. The molecule has 0 saturated heterocycles. The van der Waals surface area contributed by atoms with E-state index in [1.165, 1.54) is 23.9 Å². The Kier molecular flexibility index (Phi) is 6.84. The minimum Gasteiger partial charge on any atom is -0.353 e. The van der Waals surface area contributed by atoms with Crippen LogP contribution in [0.1, 0.15) is 11.6 Å². The van der Waals surface area contributed by atoms with Crippen LogP contribution in [0.15, 0.2) is 72.1 Å². The maximum absolute atomic E-state index is 13.5. The van der Waals surface area contributed by atoms with E-state index in [2.05, 4.69) is 27.3 Å². The lowest BCUT2D eigenvalue weighted by atomic mass is 10.1. The molecule has 0 aliphatic rings. The first kappa shape index (κ1) is 20.1. The van der Waals surface area contributed by atoms with E-state index in [0.717, 1.165) is 5.56 Å². The Hall–Kier alpha value is -2.64. The molecule has 0 bridgehead atoms. The van der Waals surface area contributed by atoms with E-state index in [1.54, 1.807) is 29.1 Å². The van der Waals surface area contributed by atoms with Crippen molar-refractivity contribution in [3.05, 3.63) is 78.4 Å². The Labute approximate surface area is 168 Å². The van der Waals surface area contributed by atoms with Crippen molar-refractivity contribution >= 4 is 17.7 Å². The SMILES string of the molecule is CN(C)C(CNC(=O)CSc1nccn1-c1cccc(F)c1)c1ccccc1. The molecule has 0 aliphatic carbocycles. The zero-order chi connectivity index (χ0) is 19.9. The molecule has 0 aliphatic heterocycles. The largest absolute Gasteiger partial charge is 0.353 e. The van der Waals surface area contributed by atoms with Gasteiger partial charge in [-0.15, -0.1) is 0 Å². The van der Waals surface area contributed by atoms with Crippen LogP contribution in [0.25, 0.3) is 5.69 Å². The molecular weight excluding hydrogens is 375 g/mol. The normalized spacial score (nSPS) is 12.1. The monoisotopic (exact) mass is 398 g/mol. The van der Waals surface area contributed by atoms with Crippen LogP contribution in [0.3, 0.4) is 0 Å².